The van der Waals surface area contributed by atoms with Crippen molar-refractivity contribution in [1.82, 2.24) is 5.32 Å². The molecule has 0 heterocycles. The Labute approximate surface area is 131 Å². The fraction of sp³-hybridized carbons (Fsp3) is 0.500. The van der Waals surface area contributed by atoms with Crippen molar-refractivity contribution in [3.05, 3.63) is 39.4 Å². The molecule has 1 aromatic rings. The number of carbonyl (C=O) groups excluding carboxylic acids is 1. The maximum atomic E-state index is 14.1. The van der Waals surface area contributed by atoms with Crippen LogP contribution in [0, 0.1) is 21.7 Å². The third-order valence-corrected chi connectivity index (χ3v) is 2.89. The van der Waals surface area contributed by atoms with E-state index in [1.807, 2.05) is 0 Å². The summed E-state index contributed by atoms with van der Waals surface area (Å²) in [5.74, 6) is -3.23. The molecule has 0 fully saturated rings. The maximum absolute atomic E-state index is 14.1. The van der Waals surface area contributed by atoms with Gasteiger partial charge < -0.3 is 15.8 Å². The number of hydrogen-bond acceptors (Lipinski definition) is 5. The van der Waals surface area contributed by atoms with Gasteiger partial charge in [0.1, 0.15) is 11.4 Å². The molecule has 0 radical (unpaired) electrons. The fourth-order valence-corrected chi connectivity index (χ4v) is 1.90. The quantitative estimate of drug-likeness (QED) is 0.636. The third-order valence-electron chi connectivity index (χ3n) is 2.89. The zero-order valence-corrected chi connectivity index (χ0v) is 13.1. The van der Waals surface area contributed by atoms with Crippen LogP contribution in [-0.4, -0.2) is 29.7 Å². The molecule has 3 N–H and O–H groups in total. The second kappa shape index (κ2) is 7.32. The number of nitrogens with two attached hydrogens (primary N) is 1. The Bertz CT molecular complexity index is 602. The molecule has 1 unspecified atom stereocenters. The number of benzene rings is 1. The van der Waals surface area contributed by atoms with Gasteiger partial charge in [0.2, 0.25) is 5.82 Å². The number of ether oxygens (including phenoxy) is 1. The van der Waals surface area contributed by atoms with Gasteiger partial charge in [-0.1, -0.05) is 0 Å². The van der Waals surface area contributed by atoms with E-state index in [-0.39, 0.29) is 13.1 Å². The van der Waals surface area contributed by atoms with E-state index in [0.29, 0.717) is 0 Å². The van der Waals surface area contributed by atoms with E-state index in [1.165, 1.54) is 0 Å². The number of nitrogens with one attached hydrogen (secondary N) is 1. The molecule has 0 aromatic heterocycles. The average Bonchev–Trinajstić information content (AvgIpc) is 2.39. The van der Waals surface area contributed by atoms with Gasteiger partial charge in [0.15, 0.2) is 0 Å². The van der Waals surface area contributed by atoms with E-state index in [9.17, 15) is 23.7 Å². The number of nitro groups is 1. The van der Waals surface area contributed by atoms with Gasteiger partial charge in [0, 0.05) is 30.6 Å². The summed E-state index contributed by atoms with van der Waals surface area (Å²) in [6, 6.07) is 1.54. The van der Waals surface area contributed by atoms with Crippen molar-refractivity contribution >= 4 is 11.8 Å². The van der Waals surface area contributed by atoms with Gasteiger partial charge in [-0.15, -0.1) is 0 Å². The molecule has 9 heteroatoms. The Hall–Kier alpha value is -2.29. The molecule has 128 valence electrons. The summed E-state index contributed by atoms with van der Waals surface area (Å²) in [6.07, 6.45) is -0.776. The first kappa shape index (κ1) is 18.8. The molecular weight excluding hydrogens is 312 g/mol. The SMILES string of the molecule is CC(C)(C)OC(=O)NCC(CN)c1c(F)ccc([N+](=O)[O-])c1F. The zero-order valence-electron chi connectivity index (χ0n) is 13.1. The van der Waals surface area contributed by atoms with Crippen LogP contribution in [0.1, 0.15) is 32.3 Å². The number of halogens is 2. The topological polar surface area (TPSA) is 107 Å². The minimum Gasteiger partial charge on any atom is -0.444 e. The number of alkyl carbamates (subject to hydrolysis) is 1. The monoisotopic (exact) mass is 331 g/mol. The molecular formula is C14H19F2N3O4. The lowest BCUT2D eigenvalue weighted by Gasteiger charge is -2.22. The largest absolute Gasteiger partial charge is 0.444 e. The molecule has 0 bridgehead atoms. The fourth-order valence-electron chi connectivity index (χ4n) is 1.90. The number of hydrogen-bond donors (Lipinski definition) is 2. The van der Waals surface area contributed by atoms with E-state index in [0.717, 1.165) is 12.1 Å². The first-order valence-electron chi connectivity index (χ1n) is 6.86. The first-order valence-corrected chi connectivity index (χ1v) is 6.86. The molecule has 1 rings (SSSR count). The zero-order chi connectivity index (χ0) is 17.8. The second-order valence-electron chi connectivity index (χ2n) is 5.87. The van der Waals surface area contributed by atoms with Crippen molar-refractivity contribution in [3.63, 3.8) is 0 Å². The minimum atomic E-state index is -1.29. The number of nitro benzene ring substituents is 1. The molecule has 0 saturated carbocycles. The van der Waals surface area contributed by atoms with Gasteiger partial charge >= 0.3 is 11.8 Å². The van der Waals surface area contributed by atoms with Crippen LogP contribution < -0.4 is 11.1 Å². The molecule has 0 saturated heterocycles. The Morgan fingerprint density at radius 1 is 1.43 bits per heavy atom. The van der Waals surface area contributed by atoms with Crippen molar-refractivity contribution < 1.29 is 23.2 Å². The van der Waals surface area contributed by atoms with Crippen molar-refractivity contribution in [2.75, 3.05) is 13.1 Å². The standard InChI is InChI=1S/C14H19F2N3O4/c1-14(2,3)23-13(20)18-7-8(6-17)11-9(15)4-5-10(12(11)16)19(21)22/h4-5,8H,6-7,17H2,1-3H3,(H,18,20). The minimum absolute atomic E-state index is 0.217. The normalized spacial score (nSPS) is 12.6. The summed E-state index contributed by atoms with van der Waals surface area (Å²) in [5.41, 5.74) is 3.38. The van der Waals surface area contributed by atoms with Crippen molar-refractivity contribution in [2.45, 2.75) is 32.3 Å². The van der Waals surface area contributed by atoms with Gasteiger partial charge in [-0.05, 0) is 26.8 Å². The number of amides is 1. The predicted octanol–water partition coefficient (Wildman–Crippen LogP) is 2.44. The second-order valence-corrected chi connectivity index (χ2v) is 5.87. The Balaban J connectivity index is 2.96. The first-order chi connectivity index (χ1) is 10.6. The van der Waals surface area contributed by atoms with Crippen LogP contribution in [-0.2, 0) is 4.74 Å². The highest BCUT2D eigenvalue weighted by Crippen LogP contribution is 2.28. The summed E-state index contributed by atoms with van der Waals surface area (Å²) in [4.78, 5) is 21.4. The van der Waals surface area contributed by atoms with Gasteiger partial charge in [-0.2, -0.15) is 4.39 Å². The van der Waals surface area contributed by atoms with E-state index in [2.05, 4.69) is 5.32 Å². The number of carbonyl (C=O) groups is 1. The van der Waals surface area contributed by atoms with Crippen molar-refractivity contribution in [3.8, 4) is 0 Å². The van der Waals surface area contributed by atoms with Crippen LogP contribution in [0.4, 0.5) is 19.3 Å². The van der Waals surface area contributed by atoms with Crippen molar-refractivity contribution in [2.24, 2.45) is 5.73 Å². The van der Waals surface area contributed by atoms with Gasteiger partial charge in [-0.25, -0.2) is 9.18 Å². The van der Waals surface area contributed by atoms with Crippen LogP contribution >= 0.6 is 0 Å². The van der Waals surface area contributed by atoms with Gasteiger partial charge in [0.05, 0.1) is 4.92 Å². The predicted molar refractivity (Wildman–Crippen MR) is 79.0 cm³/mol. The smallest absolute Gasteiger partial charge is 0.407 e. The summed E-state index contributed by atoms with van der Waals surface area (Å²) in [6.45, 7) is 4.54. The number of rotatable bonds is 5. The number of nitrogens with zero attached hydrogens (tertiary/aromatic N) is 1. The van der Waals surface area contributed by atoms with Gasteiger partial charge in [0.25, 0.3) is 0 Å². The van der Waals surface area contributed by atoms with Crippen LogP contribution in [0.15, 0.2) is 12.1 Å². The highest BCUT2D eigenvalue weighted by atomic mass is 19.1. The highest BCUT2D eigenvalue weighted by Gasteiger charge is 2.27. The molecule has 0 aliphatic carbocycles. The molecule has 0 aliphatic heterocycles. The van der Waals surface area contributed by atoms with E-state index in [4.69, 9.17) is 10.5 Å². The Kier molecular flexibility index (Phi) is 5.97. The Morgan fingerprint density at radius 3 is 2.52 bits per heavy atom. The van der Waals surface area contributed by atoms with Crippen LogP contribution in [0.25, 0.3) is 0 Å². The van der Waals surface area contributed by atoms with Crippen LogP contribution in [0.5, 0.6) is 0 Å². The van der Waals surface area contributed by atoms with E-state index >= 15 is 0 Å². The summed E-state index contributed by atoms with van der Waals surface area (Å²) < 4.78 is 33.0. The third kappa shape index (κ3) is 5.13. The lowest BCUT2D eigenvalue weighted by molar-refractivity contribution is -0.387. The van der Waals surface area contributed by atoms with Crippen molar-refractivity contribution in [1.29, 1.82) is 0 Å². The molecule has 0 aliphatic rings. The lowest BCUT2D eigenvalue weighted by atomic mass is 9.97. The summed E-state index contributed by atoms with van der Waals surface area (Å²) >= 11 is 0. The average molecular weight is 331 g/mol. The lowest BCUT2D eigenvalue weighted by Crippen LogP contribution is -2.36. The highest BCUT2D eigenvalue weighted by molar-refractivity contribution is 5.67. The molecule has 1 amide bonds. The molecule has 1 aromatic carbocycles. The maximum Gasteiger partial charge on any atom is 0.407 e. The van der Waals surface area contributed by atoms with Crippen LogP contribution in [0.2, 0.25) is 0 Å². The van der Waals surface area contributed by atoms with E-state index < -0.39 is 45.4 Å². The Morgan fingerprint density at radius 2 is 2.04 bits per heavy atom. The molecule has 7 nitrogen and oxygen atoms in total. The summed E-state index contributed by atoms with van der Waals surface area (Å²) in [5, 5.41) is 13.1. The molecule has 23 heavy (non-hydrogen) atoms. The molecule has 0 spiro atoms. The van der Waals surface area contributed by atoms with E-state index in [1.54, 1.807) is 20.8 Å². The van der Waals surface area contributed by atoms with Gasteiger partial charge in [-0.3, -0.25) is 10.1 Å². The summed E-state index contributed by atoms with van der Waals surface area (Å²) in [7, 11) is 0. The van der Waals surface area contributed by atoms with Crippen LogP contribution in [0.3, 0.4) is 0 Å². The molecule has 1 atom stereocenters.